The number of aliphatic hydroxyl groups excluding tert-OH is 8. The lowest BCUT2D eigenvalue weighted by atomic mass is 9.97. The fourth-order valence-electron chi connectivity index (χ4n) is 11.3. The Morgan fingerprint density at radius 3 is 1.23 bits per heavy atom. The highest BCUT2D eigenvalue weighted by atomic mass is 16.7. The highest BCUT2D eigenvalue weighted by Gasteiger charge is 2.51. The Morgan fingerprint density at radius 1 is 0.438 bits per heavy atom. The van der Waals surface area contributed by atoms with E-state index in [-0.39, 0.29) is 18.9 Å². The summed E-state index contributed by atoms with van der Waals surface area (Å²) in [6.45, 7) is 2.83. The fourth-order valence-corrected chi connectivity index (χ4v) is 11.3. The first kappa shape index (κ1) is 74.6. The van der Waals surface area contributed by atoms with Gasteiger partial charge in [0, 0.05) is 6.42 Å². The number of allylic oxidation sites excluding steroid dienone is 3. The van der Waals surface area contributed by atoms with Gasteiger partial charge >= 0.3 is 0 Å². The summed E-state index contributed by atoms with van der Waals surface area (Å²) in [5.74, 6) is -0.242. The maximum Gasteiger partial charge on any atom is 0.220 e. The van der Waals surface area contributed by atoms with Gasteiger partial charge in [-0.15, -0.1) is 0 Å². The quantitative estimate of drug-likeness (QED) is 0.0204. The molecular formula is C66H125NO13. The van der Waals surface area contributed by atoms with Crippen LogP contribution in [0.4, 0.5) is 0 Å². The van der Waals surface area contributed by atoms with Gasteiger partial charge in [0.05, 0.1) is 32.0 Å². The lowest BCUT2D eigenvalue weighted by Gasteiger charge is -2.46. The number of amides is 1. The summed E-state index contributed by atoms with van der Waals surface area (Å²) >= 11 is 0. The van der Waals surface area contributed by atoms with E-state index in [1.807, 2.05) is 6.08 Å². The molecule has 12 unspecified atom stereocenters. The number of carbonyl (C=O) groups is 1. The second kappa shape index (κ2) is 51.9. The zero-order valence-electron chi connectivity index (χ0n) is 51.1. The molecule has 12 atom stereocenters. The number of carbonyl (C=O) groups excluding carboxylic acids is 1. The normalized spacial score (nSPS) is 24.3. The molecule has 2 aliphatic rings. The highest BCUT2D eigenvalue weighted by Crippen LogP contribution is 2.30. The van der Waals surface area contributed by atoms with Crippen LogP contribution in [0, 0.1) is 0 Å². The summed E-state index contributed by atoms with van der Waals surface area (Å²) in [6.07, 6.45) is 46.6. The number of unbranched alkanes of at least 4 members (excludes halogenated alkanes) is 40. The van der Waals surface area contributed by atoms with Crippen molar-refractivity contribution in [3.63, 3.8) is 0 Å². The second-order valence-corrected chi connectivity index (χ2v) is 24.0. The monoisotopic (exact) mass is 1140 g/mol. The van der Waals surface area contributed by atoms with Gasteiger partial charge in [-0.2, -0.15) is 0 Å². The molecule has 9 N–H and O–H groups in total. The summed E-state index contributed by atoms with van der Waals surface area (Å²) < 4.78 is 22.8. The van der Waals surface area contributed by atoms with Crippen LogP contribution in [0.2, 0.25) is 0 Å². The Morgan fingerprint density at radius 2 is 0.800 bits per heavy atom. The molecule has 2 aliphatic heterocycles. The molecular weight excluding hydrogens is 1010 g/mol. The lowest BCUT2D eigenvalue weighted by molar-refractivity contribution is -0.359. The Balaban J connectivity index is 1.72. The van der Waals surface area contributed by atoms with E-state index < -0.39 is 86.8 Å². The third-order valence-electron chi connectivity index (χ3n) is 16.6. The van der Waals surface area contributed by atoms with E-state index >= 15 is 0 Å². The Bertz CT molecular complexity index is 1440. The van der Waals surface area contributed by atoms with E-state index in [1.165, 1.54) is 231 Å². The van der Waals surface area contributed by atoms with Crippen molar-refractivity contribution in [2.75, 3.05) is 19.8 Å². The molecule has 2 saturated heterocycles. The fraction of sp³-hybridized carbons (Fsp3) is 0.924. The van der Waals surface area contributed by atoms with E-state index in [4.69, 9.17) is 18.9 Å². The van der Waals surface area contributed by atoms with Crippen LogP contribution in [0.25, 0.3) is 0 Å². The summed E-state index contributed by atoms with van der Waals surface area (Å²) in [7, 11) is 0. The van der Waals surface area contributed by atoms with Gasteiger partial charge in [-0.05, 0) is 32.1 Å². The van der Waals surface area contributed by atoms with Crippen molar-refractivity contribution in [1.82, 2.24) is 5.32 Å². The SMILES string of the molecule is CCCCCCCCCCCCCCCCCCC/C=C/CC/C=C/C(O)C(COC1OC(CO)C(OC2OC(CO)C(O)C(O)C2O)C(O)C1O)NC(=O)CCCCCCCCCCCCCCCCCCCCCCCCC. The number of hydrogen-bond donors (Lipinski definition) is 9. The van der Waals surface area contributed by atoms with E-state index in [2.05, 4.69) is 31.3 Å². The lowest BCUT2D eigenvalue weighted by Crippen LogP contribution is -2.65. The van der Waals surface area contributed by atoms with Crippen LogP contribution >= 0.6 is 0 Å². The number of nitrogens with one attached hydrogen (secondary N) is 1. The van der Waals surface area contributed by atoms with Gasteiger partial charge < -0.3 is 65.1 Å². The summed E-state index contributed by atoms with van der Waals surface area (Å²) in [6, 6.07) is -0.929. The molecule has 80 heavy (non-hydrogen) atoms. The Kier molecular flexibility index (Phi) is 48.3. The molecule has 0 bridgehead atoms. The summed E-state index contributed by atoms with van der Waals surface area (Å²) in [5, 5.41) is 87.3. The molecule has 14 nitrogen and oxygen atoms in total. The van der Waals surface area contributed by atoms with Gasteiger partial charge in [-0.25, -0.2) is 0 Å². The van der Waals surface area contributed by atoms with Crippen molar-refractivity contribution in [3.05, 3.63) is 24.3 Å². The molecule has 0 saturated carbocycles. The minimum atomic E-state index is -1.79. The van der Waals surface area contributed by atoms with Gasteiger partial charge in [0.15, 0.2) is 12.6 Å². The third-order valence-corrected chi connectivity index (χ3v) is 16.6. The maximum absolute atomic E-state index is 13.3. The zero-order valence-corrected chi connectivity index (χ0v) is 51.1. The molecule has 2 fully saturated rings. The van der Waals surface area contributed by atoms with Crippen molar-refractivity contribution in [3.8, 4) is 0 Å². The summed E-state index contributed by atoms with van der Waals surface area (Å²) in [4.78, 5) is 13.3. The van der Waals surface area contributed by atoms with Crippen LogP contribution in [0.5, 0.6) is 0 Å². The predicted molar refractivity (Wildman–Crippen MR) is 323 cm³/mol. The minimum absolute atomic E-state index is 0.242. The van der Waals surface area contributed by atoms with Crippen LogP contribution in [-0.4, -0.2) is 140 Å². The molecule has 0 aromatic carbocycles. The highest BCUT2D eigenvalue weighted by molar-refractivity contribution is 5.76. The van der Waals surface area contributed by atoms with Crippen LogP contribution < -0.4 is 5.32 Å². The van der Waals surface area contributed by atoms with E-state index in [9.17, 15) is 45.6 Å². The smallest absolute Gasteiger partial charge is 0.220 e. The number of rotatable bonds is 55. The van der Waals surface area contributed by atoms with Gasteiger partial charge in [-0.1, -0.05) is 282 Å². The average Bonchev–Trinajstić information content (AvgIpc) is 3.46. The summed E-state index contributed by atoms with van der Waals surface area (Å²) in [5.41, 5.74) is 0. The number of aliphatic hydroxyl groups is 8. The van der Waals surface area contributed by atoms with Crippen molar-refractivity contribution in [2.24, 2.45) is 0 Å². The van der Waals surface area contributed by atoms with Gasteiger partial charge in [0.25, 0.3) is 0 Å². The van der Waals surface area contributed by atoms with Crippen molar-refractivity contribution >= 4 is 5.91 Å². The second-order valence-electron chi connectivity index (χ2n) is 24.0. The van der Waals surface area contributed by atoms with Crippen LogP contribution in [0.15, 0.2) is 24.3 Å². The zero-order chi connectivity index (χ0) is 58.1. The molecule has 0 radical (unpaired) electrons. The number of hydrogen-bond acceptors (Lipinski definition) is 13. The van der Waals surface area contributed by atoms with Gasteiger partial charge in [0.2, 0.25) is 5.91 Å². The first-order valence-corrected chi connectivity index (χ1v) is 33.6. The standard InChI is InChI=1S/C66H125NO13/c1-3-5-7-9-11-13-15-17-19-21-23-25-27-29-31-33-35-37-39-41-43-45-47-49-55(70)54(53-77-65-63(76)61(74)64(57(52-69)79-65)80-66-62(75)60(73)59(72)56(51-68)78-66)67-58(71)50-48-46-44-42-40-38-36-34-32-30-28-26-24-22-20-18-16-14-12-10-8-6-4-2/h39,41,47,49,54-57,59-66,68-70,72-76H,3-38,40,42-46,48,50-53H2,1-2H3,(H,67,71)/b41-39+,49-47+. The molecule has 2 rings (SSSR count). The molecule has 1 amide bonds. The average molecular weight is 1140 g/mol. The Hall–Kier alpha value is -1.53. The first-order valence-electron chi connectivity index (χ1n) is 33.6. The van der Waals surface area contributed by atoms with Gasteiger partial charge in [-0.3, -0.25) is 4.79 Å². The third kappa shape index (κ3) is 36.3. The van der Waals surface area contributed by atoms with E-state index in [1.54, 1.807) is 6.08 Å². The van der Waals surface area contributed by atoms with E-state index in [0.717, 1.165) is 32.1 Å². The molecule has 0 aromatic heterocycles. The van der Waals surface area contributed by atoms with E-state index in [0.29, 0.717) is 12.8 Å². The molecule has 2 heterocycles. The topological polar surface area (TPSA) is 228 Å². The molecule has 0 spiro atoms. The van der Waals surface area contributed by atoms with Crippen LogP contribution in [0.1, 0.15) is 296 Å². The van der Waals surface area contributed by atoms with Crippen molar-refractivity contribution in [1.29, 1.82) is 0 Å². The molecule has 0 aromatic rings. The minimum Gasteiger partial charge on any atom is -0.394 e. The largest absolute Gasteiger partial charge is 0.394 e. The van der Waals surface area contributed by atoms with Crippen molar-refractivity contribution in [2.45, 2.75) is 370 Å². The maximum atomic E-state index is 13.3. The number of ether oxygens (including phenoxy) is 4. The van der Waals surface area contributed by atoms with Gasteiger partial charge in [0.1, 0.15) is 48.8 Å². The molecule has 472 valence electrons. The predicted octanol–water partition coefficient (Wildman–Crippen LogP) is 12.8. The first-order chi connectivity index (χ1) is 39.1. The molecule has 0 aliphatic carbocycles. The van der Waals surface area contributed by atoms with Crippen LogP contribution in [-0.2, 0) is 23.7 Å². The van der Waals surface area contributed by atoms with Crippen LogP contribution in [0.3, 0.4) is 0 Å². The Labute approximate surface area is 488 Å². The molecule has 14 heteroatoms. The van der Waals surface area contributed by atoms with Crippen molar-refractivity contribution < 1.29 is 64.6 Å².